The van der Waals surface area contributed by atoms with Gasteiger partial charge < -0.3 is 0 Å². The number of rotatable bonds is 3. The third kappa shape index (κ3) is 3.08. The molecule has 0 aliphatic rings. The van der Waals surface area contributed by atoms with Crippen LogP contribution in [0.5, 0.6) is 0 Å². The van der Waals surface area contributed by atoms with Crippen molar-refractivity contribution in [3.05, 3.63) is 96.4 Å². The monoisotopic (exact) mass is 308 g/mol. The van der Waals surface area contributed by atoms with Crippen LogP contribution >= 0.6 is 0 Å². The van der Waals surface area contributed by atoms with Gasteiger partial charge in [0.05, 0.1) is 5.52 Å². The van der Waals surface area contributed by atoms with Crippen molar-refractivity contribution in [1.82, 2.24) is 9.97 Å². The van der Waals surface area contributed by atoms with Gasteiger partial charge in [-0.05, 0) is 28.8 Å². The Labute approximate surface area is 141 Å². The molecule has 0 bridgehead atoms. The molecular formula is C22H16N2. The van der Waals surface area contributed by atoms with Gasteiger partial charge in [0.1, 0.15) is 0 Å². The minimum atomic E-state index is 0.723. The molecule has 0 unspecified atom stereocenters. The van der Waals surface area contributed by atoms with Gasteiger partial charge in [-0.25, -0.2) is 9.97 Å². The Morgan fingerprint density at radius 1 is 0.625 bits per heavy atom. The quantitative estimate of drug-likeness (QED) is 0.501. The Kier molecular flexibility index (Phi) is 3.86. The molecule has 24 heavy (non-hydrogen) atoms. The zero-order valence-electron chi connectivity index (χ0n) is 13.1. The van der Waals surface area contributed by atoms with Crippen molar-refractivity contribution < 1.29 is 0 Å². The molecule has 0 atom stereocenters. The molecule has 0 saturated carbocycles. The van der Waals surface area contributed by atoms with Gasteiger partial charge in [-0.1, -0.05) is 78.9 Å². The lowest BCUT2D eigenvalue weighted by atomic mass is 10.0. The fourth-order valence-electron chi connectivity index (χ4n) is 2.65. The first-order valence-electron chi connectivity index (χ1n) is 7.94. The molecule has 0 aliphatic carbocycles. The van der Waals surface area contributed by atoms with Crippen LogP contribution < -0.4 is 0 Å². The second kappa shape index (κ2) is 6.47. The number of nitrogens with zero attached hydrogens (tertiary/aromatic N) is 2. The fraction of sp³-hybridized carbons (Fsp3) is 0. The lowest BCUT2D eigenvalue weighted by Crippen LogP contribution is -1.87. The van der Waals surface area contributed by atoms with Gasteiger partial charge >= 0.3 is 0 Å². The average Bonchev–Trinajstić information content (AvgIpc) is 2.67. The first kappa shape index (κ1) is 14.3. The molecule has 0 amide bonds. The average molecular weight is 308 g/mol. The van der Waals surface area contributed by atoms with Gasteiger partial charge in [-0.2, -0.15) is 0 Å². The van der Waals surface area contributed by atoms with Gasteiger partial charge in [0.25, 0.3) is 0 Å². The third-order valence-electron chi connectivity index (χ3n) is 3.95. The van der Waals surface area contributed by atoms with Crippen LogP contribution in [-0.2, 0) is 0 Å². The van der Waals surface area contributed by atoms with Crippen LogP contribution in [0.1, 0.15) is 11.4 Å². The molecule has 114 valence electrons. The molecule has 0 fully saturated rings. The van der Waals surface area contributed by atoms with Crippen LogP contribution in [0.3, 0.4) is 0 Å². The predicted octanol–water partition coefficient (Wildman–Crippen LogP) is 5.47. The van der Waals surface area contributed by atoms with E-state index in [2.05, 4.69) is 58.5 Å². The lowest BCUT2D eigenvalue weighted by molar-refractivity contribution is 1.19. The van der Waals surface area contributed by atoms with Gasteiger partial charge in [0.15, 0.2) is 5.82 Å². The van der Waals surface area contributed by atoms with E-state index in [1.807, 2.05) is 48.7 Å². The number of benzene rings is 3. The molecule has 1 aromatic heterocycles. The second-order valence-corrected chi connectivity index (χ2v) is 5.61. The van der Waals surface area contributed by atoms with Crippen LogP contribution in [-0.4, -0.2) is 9.97 Å². The smallest absolute Gasteiger partial charge is 0.152 e. The highest BCUT2D eigenvalue weighted by atomic mass is 14.9. The van der Waals surface area contributed by atoms with Crippen LogP contribution in [0.25, 0.3) is 34.2 Å². The largest absolute Gasteiger partial charge is 0.236 e. The highest BCUT2D eigenvalue weighted by molar-refractivity contribution is 5.79. The maximum Gasteiger partial charge on any atom is 0.152 e. The van der Waals surface area contributed by atoms with Gasteiger partial charge in [-0.15, -0.1) is 0 Å². The molecular weight excluding hydrogens is 292 g/mol. The van der Waals surface area contributed by atoms with Crippen molar-refractivity contribution in [2.24, 2.45) is 0 Å². The van der Waals surface area contributed by atoms with Crippen LogP contribution in [0.4, 0.5) is 0 Å². The van der Waals surface area contributed by atoms with Crippen molar-refractivity contribution in [3.8, 4) is 11.1 Å². The van der Waals surface area contributed by atoms with Crippen LogP contribution in [0, 0.1) is 0 Å². The van der Waals surface area contributed by atoms with Gasteiger partial charge in [-0.3, -0.25) is 0 Å². The van der Waals surface area contributed by atoms with Crippen molar-refractivity contribution in [3.63, 3.8) is 0 Å². The van der Waals surface area contributed by atoms with E-state index in [-0.39, 0.29) is 0 Å². The van der Waals surface area contributed by atoms with Gasteiger partial charge in [0.2, 0.25) is 0 Å². The third-order valence-corrected chi connectivity index (χ3v) is 3.95. The number of aromatic nitrogens is 2. The summed E-state index contributed by atoms with van der Waals surface area (Å²) >= 11 is 0. The van der Waals surface area contributed by atoms with E-state index in [0.29, 0.717) is 0 Å². The van der Waals surface area contributed by atoms with E-state index < -0.39 is 0 Å². The summed E-state index contributed by atoms with van der Waals surface area (Å²) < 4.78 is 0. The lowest BCUT2D eigenvalue weighted by Gasteiger charge is -2.02. The number of hydrogen-bond donors (Lipinski definition) is 0. The molecule has 0 N–H and O–H groups in total. The highest BCUT2D eigenvalue weighted by Gasteiger charge is 1.98. The Hall–Kier alpha value is -3.26. The molecule has 0 aliphatic heterocycles. The molecule has 2 nitrogen and oxygen atoms in total. The van der Waals surface area contributed by atoms with Crippen molar-refractivity contribution in [1.29, 1.82) is 0 Å². The van der Waals surface area contributed by atoms with E-state index in [0.717, 1.165) is 22.3 Å². The maximum absolute atomic E-state index is 4.56. The van der Waals surface area contributed by atoms with Crippen LogP contribution in [0.15, 0.2) is 85.1 Å². The van der Waals surface area contributed by atoms with E-state index in [1.54, 1.807) is 0 Å². The standard InChI is InChI=1S/C22H16N2/c1-2-6-18(7-3-1)19-13-10-17(11-14-19)12-15-22-23-16-20-8-4-5-9-21(20)24-22/h1-16H. The summed E-state index contributed by atoms with van der Waals surface area (Å²) in [7, 11) is 0. The summed E-state index contributed by atoms with van der Waals surface area (Å²) in [6.45, 7) is 0. The summed E-state index contributed by atoms with van der Waals surface area (Å²) in [6.07, 6.45) is 5.85. The molecule has 2 heteroatoms. The van der Waals surface area contributed by atoms with Crippen molar-refractivity contribution in [2.45, 2.75) is 0 Å². The molecule has 0 spiro atoms. The molecule has 1 heterocycles. The molecule has 3 aromatic carbocycles. The molecule has 0 radical (unpaired) electrons. The summed E-state index contributed by atoms with van der Waals surface area (Å²) in [5, 5.41) is 1.06. The van der Waals surface area contributed by atoms with E-state index >= 15 is 0 Å². The fourth-order valence-corrected chi connectivity index (χ4v) is 2.65. The zero-order valence-corrected chi connectivity index (χ0v) is 13.1. The normalized spacial score (nSPS) is 11.2. The Bertz CT molecular complexity index is 987. The summed E-state index contributed by atoms with van der Waals surface area (Å²) in [6, 6.07) is 26.9. The minimum absolute atomic E-state index is 0.723. The van der Waals surface area contributed by atoms with E-state index in [9.17, 15) is 0 Å². The van der Waals surface area contributed by atoms with Crippen molar-refractivity contribution >= 4 is 23.1 Å². The zero-order chi connectivity index (χ0) is 16.2. The maximum atomic E-state index is 4.56. The van der Waals surface area contributed by atoms with E-state index in [1.165, 1.54) is 11.1 Å². The SMILES string of the molecule is C(=Cc1ncc2ccccc2n1)c1ccc(-c2ccccc2)cc1. The second-order valence-electron chi connectivity index (χ2n) is 5.61. The number of fused-ring (bicyclic) bond motifs is 1. The Morgan fingerprint density at radius 2 is 1.33 bits per heavy atom. The van der Waals surface area contributed by atoms with E-state index in [4.69, 9.17) is 0 Å². The van der Waals surface area contributed by atoms with Crippen LogP contribution in [0.2, 0.25) is 0 Å². The number of para-hydroxylation sites is 1. The Balaban J connectivity index is 1.56. The topological polar surface area (TPSA) is 25.8 Å². The molecule has 0 saturated heterocycles. The summed E-state index contributed by atoms with van der Waals surface area (Å²) in [4.78, 5) is 8.95. The van der Waals surface area contributed by atoms with Crippen molar-refractivity contribution in [2.75, 3.05) is 0 Å². The molecule has 4 aromatic rings. The molecule has 4 rings (SSSR count). The minimum Gasteiger partial charge on any atom is -0.236 e. The first-order chi connectivity index (χ1) is 11.9. The Morgan fingerprint density at radius 3 is 2.17 bits per heavy atom. The summed E-state index contributed by atoms with van der Waals surface area (Å²) in [5.74, 6) is 0.723. The highest BCUT2D eigenvalue weighted by Crippen LogP contribution is 2.20. The summed E-state index contributed by atoms with van der Waals surface area (Å²) in [5.41, 5.74) is 4.54. The van der Waals surface area contributed by atoms with Gasteiger partial charge in [0, 0.05) is 11.6 Å². The predicted molar refractivity (Wildman–Crippen MR) is 100 cm³/mol. The first-order valence-corrected chi connectivity index (χ1v) is 7.94. The number of hydrogen-bond acceptors (Lipinski definition) is 2.